The highest BCUT2D eigenvalue weighted by Gasteiger charge is 2.25. The minimum absolute atomic E-state index is 0.116. The summed E-state index contributed by atoms with van der Waals surface area (Å²) < 4.78 is 0. The van der Waals surface area contributed by atoms with Crippen molar-refractivity contribution < 1.29 is 34.2 Å². The van der Waals surface area contributed by atoms with Crippen molar-refractivity contribution in [3.8, 4) is 0 Å². The Morgan fingerprint density at radius 2 is 1.40 bits per heavy atom. The molecule has 4 rings (SSSR count). The number of aromatic amines is 3. The Bertz CT molecular complexity index is 1990. The summed E-state index contributed by atoms with van der Waals surface area (Å²) in [5.41, 5.74) is 6.30. The molecule has 5 N–H and O–H groups in total. The second-order valence-electron chi connectivity index (χ2n) is 10.8. The number of ketones is 1. The molecule has 0 saturated heterocycles. The van der Waals surface area contributed by atoms with Crippen molar-refractivity contribution in [2.75, 3.05) is 0 Å². The zero-order valence-electron chi connectivity index (χ0n) is 25.5. The fourth-order valence-corrected chi connectivity index (χ4v) is 5.58. The highest BCUT2D eigenvalue weighted by Crippen LogP contribution is 2.27. The lowest BCUT2D eigenvalue weighted by Gasteiger charge is -2.02. The molecule has 1 aliphatic rings. The number of carboxylic acid groups (broad SMARTS) is 2. The van der Waals surface area contributed by atoms with Crippen LogP contribution < -0.4 is 10.7 Å². The number of carboxylic acids is 2. The third kappa shape index (κ3) is 6.23. The lowest BCUT2D eigenvalue weighted by Crippen LogP contribution is -2.15. The molecule has 11 heteroatoms. The van der Waals surface area contributed by atoms with Gasteiger partial charge >= 0.3 is 11.9 Å². The van der Waals surface area contributed by atoms with Crippen LogP contribution in [0.4, 0.5) is 0 Å². The van der Waals surface area contributed by atoms with Crippen molar-refractivity contribution in [3.63, 3.8) is 0 Å². The van der Waals surface area contributed by atoms with Gasteiger partial charge in [-0.15, -0.1) is 0 Å². The maximum absolute atomic E-state index is 13.8. The molecular weight excluding hydrogens is 576 g/mol. The molecule has 11 nitrogen and oxygen atoms in total. The zero-order valence-corrected chi connectivity index (χ0v) is 25.5. The first-order valence-electron chi connectivity index (χ1n) is 14.2. The number of aromatic nitrogens is 3. The molecule has 1 amide bonds. The van der Waals surface area contributed by atoms with Crippen LogP contribution in [0.25, 0.3) is 18.2 Å². The highest BCUT2D eigenvalue weighted by molar-refractivity contribution is 6.31. The summed E-state index contributed by atoms with van der Waals surface area (Å²) in [4.78, 5) is 74.2. The van der Waals surface area contributed by atoms with Gasteiger partial charge in [0.15, 0.2) is 6.29 Å². The van der Waals surface area contributed by atoms with Crippen molar-refractivity contribution >= 4 is 53.9 Å². The minimum Gasteiger partial charge on any atom is -0.481 e. The summed E-state index contributed by atoms with van der Waals surface area (Å²) in [5, 5.41) is 20.0. The quantitative estimate of drug-likeness (QED) is 0.145. The molecule has 1 aliphatic heterocycles. The van der Waals surface area contributed by atoms with Gasteiger partial charge in [0, 0.05) is 40.4 Å². The maximum atomic E-state index is 13.8. The number of carbonyl (C=O) groups is 5. The van der Waals surface area contributed by atoms with E-state index in [0.29, 0.717) is 67.4 Å². The fraction of sp³-hybridized carbons (Fsp3) is 0.235. The molecule has 0 spiro atoms. The number of amides is 1. The fourth-order valence-electron chi connectivity index (χ4n) is 5.58. The van der Waals surface area contributed by atoms with E-state index in [4.69, 9.17) is 0 Å². The number of hydrogen-bond donors (Lipinski definition) is 5. The number of carbonyl (C=O) groups excluding carboxylic acids is 3. The molecule has 3 aromatic heterocycles. The van der Waals surface area contributed by atoms with E-state index in [9.17, 15) is 34.2 Å². The predicted octanol–water partition coefficient (Wildman–Crippen LogP) is 3.41. The van der Waals surface area contributed by atoms with E-state index in [2.05, 4.69) is 33.1 Å². The first-order valence-corrected chi connectivity index (χ1v) is 14.2. The molecule has 0 fully saturated rings. The zero-order chi connectivity index (χ0) is 33.2. The van der Waals surface area contributed by atoms with E-state index in [1.807, 2.05) is 6.92 Å². The monoisotopic (exact) mass is 610 g/mol. The molecule has 0 bridgehead atoms. The number of aldehydes is 1. The second kappa shape index (κ2) is 13.0. The Balaban J connectivity index is 1.95. The molecule has 3 aromatic rings. The lowest BCUT2D eigenvalue weighted by atomic mass is 10.00. The van der Waals surface area contributed by atoms with Gasteiger partial charge < -0.3 is 25.2 Å². The first-order chi connectivity index (χ1) is 21.3. The van der Waals surface area contributed by atoms with Crippen molar-refractivity contribution in [1.82, 2.24) is 15.0 Å². The topological polar surface area (TPSA) is 186 Å². The third-order valence-electron chi connectivity index (χ3n) is 8.17. The number of hydrogen-bond acceptors (Lipinski definition) is 5. The second-order valence-corrected chi connectivity index (χ2v) is 10.8. The molecule has 0 aliphatic carbocycles. The van der Waals surface area contributed by atoms with E-state index in [-0.39, 0.29) is 42.8 Å². The highest BCUT2D eigenvalue weighted by atomic mass is 16.4. The van der Waals surface area contributed by atoms with Crippen molar-refractivity contribution in [2.45, 2.75) is 53.4 Å². The summed E-state index contributed by atoms with van der Waals surface area (Å²) in [7, 11) is 0. The summed E-state index contributed by atoms with van der Waals surface area (Å²) in [5.74, 6) is -2.81. The van der Waals surface area contributed by atoms with Crippen LogP contribution in [0.1, 0.15) is 85.5 Å². The van der Waals surface area contributed by atoms with Crippen LogP contribution in [0, 0.1) is 20.8 Å². The van der Waals surface area contributed by atoms with Crippen LogP contribution in [0.5, 0.6) is 0 Å². The Morgan fingerprint density at radius 1 is 0.778 bits per heavy atom. The molecule has 232 valence electrons. The Morgan fingerprint density at radius 3 is 1.96 bits per heavy atom. The van der Waals surface area contributed by atoms with Crippen LogP contribution in [0.2, 0.25) is 0 Å². The summed E-state index contributed by atoms with van der Waals surface area (Å²) in [6, 6.07) is 0. The molecule has 0 unspecified atom stereocenters. The van der Waals surface area contributed by atoms with Crippen LogP contribution in [-0.2, 0) is 27.2 Å². The Hall–Kier alpha value is -5.58. The SMILES string of the molecule is C=CC1=C(C)C(/C=c2/[nH]/c(=C/c3[nH]c(C(=O)c4[nH]c(C=O)c(C)c4C=C)c(C)c3CCC(=O)O)c(CCC(=O)O)c2C)=NC1=O. The number of nitrogens with zero attached hydrogens (tertiary/aromatic N) is 1. The summed E-state index contributed by atoms with van der Waals surface area (Å²) in [6.45, 7) is 14.5. The molecule has 4 heterocycles. The number of aliphatic imine (C=N–C) groups is 1. The van der Waals surface area contributed by atoms with Gasteiger partial charge in [0.1, 0.15) is 0 Å². The van der Waals surface area contributed by atoms with Gasteiger partial charge in [-0.3, -0.25) is 24.0 Å². The smallest absolute Gasteiger partial charge is 0.303 e. The summed E-state index contributed by atoms with van der Waals surface area (Å²) in [6.07, 6.45) is 6.99. The van der Waals surface area contributed by atoms with Crippen LogP contribution in [0.3, 0.4) is 0 Å². The largest absolute Gasteiger partial charge is 0.481 e. The summed E-state index contributed by atoms with van der Waals surface area (Å²) >= 11 is 0. The molecular formula is C34H34N4O7. The van der Waals surface area contributed by atoms with E-state index in [0.717, 1.165) is 5.56 Å². The minimum atomic E-state index is -1.01. The molecule has 0 aromatic carbocycles. The standard InChI is InChI=1S/C34H34N4O7/c1-7-20-16(3)28(15-39)37-32(20)33(44)31-19(6)23(10-12-30(42)43)27(36-31)14-26-22(9-11-29(40)41)18(5)24(35-26)13-25-17(4)21(8-2)34(45)38-25/h7-8,13-15,35-37H,1-2,9-12H2,3-6H3,(H,40,41)(H,42,43)/b24-13+,26-14+. The number of allylic oxidation sites excluding steroid dienone is 1. The lowest BCUT2D eigenvalue weighted by molar-refractivity contribution is -0.138. The average Bonchev–Trinajstić information content (AvgIpc) is 3.66. The van der Waals surface area contributed by atoms with Crippen molar-refractivity contribution in [2.24, 2.45) is 4.99 Å². The van der Waals surface area contributed by atoms with E-state index in [1.54, 1.807) is 32.9 Å². The van der Waals surface area contributed by atoms with Gasteiger partial charge in [-0.1, -0.05) is 25.3 Å². The normalized spacial score (nSPS) is 13.9. The molecule has 0 saturated carbocycles. The van der Waals surface area contributed by atoms with Crippen molar-refractivity contribution in [3.05, 3.63) is 97.2 Å². The maximum Gasteiger partial charge on any atom is 0.303 e. The van der Waals surface area contributed by atoms with Crippen LogP contribution in [-0.4, -0.2) is 60.8 Å². The van der Waals surface area contributed by atoms with Gasteiger partial charge in [-0.05, 0) is 86.1 Å². The van der Waals surface area contributed by atoms with Gasteiger partial charge in [-0.25, -0.2) is 4.99 Å². The van der Waals surface area contributed by atoms with Crippen LogP contribution >= 0.6 is 0 Å². The van der Waals surface area contributed by atoms with Crippen molar-refractivity contribution in [1.29, 1.82) is 0 Å². The third-order valence-corrected chi connectivity index (χ3v) is 8.17. The van der Waals surface area contributed by atoms with Gasteiger partial charge in [0.2, 0.25) is 5.78 Å². The molecule has 0 radical (unpaired) electrons. The molecule has 45 heavy (non-hydrogen) atoms. The number of nitrogens with one attached hydrogen (secondary N) is 3. The van der Waals surface area contributed by atoms with Crippen LogP contribution in [0.15, 0.2) is 35.4 Å². The van der Waals surface area contributed by atoms with E-state index >= 15 is 0 Å². The van der Waals surface area contributed by atoms with Gasteiger partial charge in [0.05, 0.1) is 22.8 Å². The van der Waals surface area contributed by atoms with Gasteiger partial charge in [-0.2, -0.15) is 0 Å². The average molecular weight is 611 g/mol. The number of rotatable bonds is 13. The Labute approximate surface area is 258 Å². The molecule has 0 atom stereocenters. The van der Waals surface area contributed by atoms with E-state index in [1.165, 1.54) is 12.2 Å². The predicted molar refractivity (Wildman–Crippen MR) is 170 cm³/mol. The van der Waals surface area contributed by atoms with E-state index < -0.39 is 23.6 Å². The number of aliphatic carboxylic acids is 2. The van der Waals surface area contributed by atoms with Gasteiger partial charge in [0.25, 0.3) is 5.91 Å². The Kier molecular flexibility index (Phi) is 9.32. The number of H-pyrrole nitrogens is 3. The first kappa shape index (κ1) is 32.3.